The fraction of sp³-hybridized carbons (Fsp3) is 0.429. The van der Waals surface area contributed by atoms with Crippen LogP contribution in [0, 0.1) is 12.3 Å². The Hall–Kier alpha value is -2.28. The van der Waals surface area contributed by atoms with Crippen molar-refractivity contribution >= 4 is 11.6 Å². The maximum absolute atomic E-state index is 12.2. The molecule has 0 aliphatic rings. The van der Waals surface area contributed by atoms with Crippen LogP contribution in [0.25, 0.3) is 5.69 Å². The number of hydrogen-bond acceptors (Lipinski definition) is 5. The summed E-state index contributed by atoms with van der Waals surface area (Å²) >= 11 is 0. The SMILES string of the molecule is Cc1ccc(-n2cnnn2)cc1NC(=O)[C@@H](N)C(C)(C)C. The molecule has 2 rings (SSSR count). The van der Waals surface area contributed by atoms with E-state index in [1.54, 1.807) is 0 Å². The Bertz CT molecular complexity index is 629. The normalized spacial score (nSPS) is 13.0. The van der Waals surface area contributed by atoms with Crippen LogP contribution in [-0.4, -0.2) is 32.2 Å². The summed E-state index contributed by atoms with van der Waals surface area (Å²) in [7, 11) is 0. The Morgan fingerprint density at radius 1 is 1.38 bits per heavy atom. The number of aryl methyl sites for hydroxylation is 1. The molecule has 0 saturated carbocycles. The molecule has 0 fully saturated rings. The minimum absolute atomic E-state index is 0.209. The Kier molecular flexibility index (Phi) is 4.04. The zero-order chi connectivity index (χ0) is 15.6. The average molecular weight is 288 g/mol. The standard InChI is InChI=1S/C14H20N6O/c1-9-5-6-10(20-8-16-18-19-20)7-11(9)17-13(21)12(15)14(2,3)4/h5-8,12H,15H2,1-4H3,(H,17,21)/t12-/m1/s1. The summed E-state index contributed by atoms with van der Waals surface area (Å²) < 4.78 is 1.53. The molecule has 0 radical (unpaired) electrons. The average Bonchev–Trinajstić information content (AvgIpc) is 2.93. The number of hydrogen-bond donors (Lipinski definition) is 2. The van der Waals surface area contributed by atoms with E-state index >= 15 is 0 Å². The van der Waals surface area contributed by atoms with Crippen LogP contribution < -0.4 is 11.1 Å². The number of nitrogens with one attached hydrogen (secondary N) is 1. The van der Waals surface area contributed by atoms with E-state index in [0.29, 0.717) is 5.69 Å². The molecule has 112 valence electrons. The molecule has 1 amide bonds. The molecular weight excluding hydrogens is 268 g/mol. The van der Waals surface area contributed by atoms with Gasteiger partial charge in [0.2, 0.25) is 5.91 Å². The molecule has 1 aromatic carbocycles. The maximum Gasteiger partial charge on any atom is 0.241 e. The minimum atomic E-state index is -0.589. The van der Waals surface area contributed by atoms with E-state index in [0.717, 1.165) is 11.3 Å². The van der Waals surface area contributed by atoms with Crippen LogP contribution in [0.1, 0.15) is 26.3 Å². The number of nitrogens with zero attached hydrogens (tertiary/aromatic N) is 4. The molecule has 2 aromatic rings. The van der Waals surface area contributed by atoms with Gasteiger partial charge in [-0.15, -0.1) is 5.10 Å². The molecule has 0 saturated heterocycles. The van der Waals surface area contributed by atoms with Gasteiger partial charge in [0.15, 0.2) is 0 Å². The van der Waals surface area contributed by atoms with Gasteiger partial charge in [0, 0.05) is 5.69 Å². The van der Waals surface area contributed by atoms with E-state index in [-0.39, 0.29) is 11.3 Å². The fourth-order valence-corrected chi connectivity index (χ4v) is 1.77. The molecule has 0 aliphatic heterocycles. The van der Waals surface area contributed by atoms with Gasteiger partial charge in [0.05, 0.1) is 11.7 Å². The van der Waals surface area contributed by atoms with Gasteiger partial charge in [-0.3, -0.25) is 4.79 Å². The highest BCUT2D eigenvalue weighted by Gasteiger charge is 2.27. The fourth-order valence-electron chi connectivity index (χ4n) is 1.77. The largest absolute Gasteiger partial charge is 0.324 e. The van der Waals surface area contributed by atoms with Gasteiger partial charge in [0.25, 0.3) is 0 Å². The van der Waals surface area contributed by atoms with Crippen molar-refractivity contribution in [1.82, 2.24) is 20.2 Å². The first kappa shape index (κ1) is 15.1. The maximum atomic E-state index is 12.2. The number of anilines is 1. The van der Waals surface area contributed by atoms with Gasteiger partial charge >= 0.3 is 0 Å². The quantitative estimate of drug-likeness (QED) is 0.886. The molecule has 7 heteroatoms. The predicted octanol–water partition coefficient (Wildman–Crippen LogP) is 1.28. The third-order valence-corrected chi connectivity index (χ3v) is 3.31. The van der Waals surface area contributed by atoms with Crippen molar-refractivity contribution in [3.8, 4) is 5.69 Å². The molecule has 7 nitrogen and oxygen atoms in total. The number of carbonyl (C=O) groups excluding carboxylic acids is 1. The van der Waals surface area contributed by atoms with E-state index in [9.17, 15) is 4.79 Å². The number of benzene rings is 1. The van der Waals surface area contributed by atoms with Crippen LogP contribution in [-0.2, 0) is 4.79 Å². The monoisotopic (exact) mass is 288 g/mol. The van der Waals surface area contributed by atoms with Crippen molar-refractivity contribution < 1.29 is 4.79 Å². The number of carbonyl (C=O) groups is 1. The summed E-state index contributed by atoms with van der Waals surface area (Å²) in [6.07, 6.45) is 1.50. The van der Waals surface area contributed by atoms with Gasteiger partial charge in [-0.25, -0.2) is 4.68 Å². The summed E-state index contributed by atoms with van der Waals surface area (Å²) in [5.74, 6) is -0.209. The second-order valence-corrected chi connectivity index (χ2v) is 6.09. The predicted molar refractivity (Wildman–Crippen MR) is 80.0 cm³/mol. The van der Waals surface area contributed by atoms with Crippen molar-refractivity contribution in [2.24, 2.45) is 11.1 Å². The summed E-state index contributed by atoms with van der Waals surface area (Å²) in [6, 6.07) is 5.01. The first-order valence-corrected chi connectivity index (χ1v) is 6.69. The molecule has 0 spiro atoms. The van der Waals surface area contributed by atoms with Crippen LogP contribution in [0.15, 0.2) is 24.5 Å². The molecule has 1 atom stereocenters. The zero-order valence-electron chi connectivity index (χ0n) is 12.7. The Morgan fingerprint density at radius 3 is 2.67 bits per heavy atom. The van der Waals surface area contributed by atoms with Gasteiger partial charge < -0.3 is 11.1 Å². The van der Waals surface area contributed by atoms with Crippen molar-refractivity contribution in [2.75, 3.05) is 5.32 Å². The van der Waals surface area contributed by atoms with Crippen LogP contribution in [0.2, 0.25) is 0 Å². The highest BCUT2D eigenvalue weighted by atomic mass is 16.2. The molecular formula is C14H20N6O. The van der Waals surface area contributed by atoms with Crippen LogP contribution >= 0.6 is 0 Å². The molecule has 0 aliphatic carbocycles. The first-order chi connectivity index (χ1) is 9.79. The topological polar surface area (TPSA) is 98.7 Å². The van der Waals surface area contributed by atoms with Crippen molar-refractivity contribution in [2.45, 2.75) is 33.7 Å². The Morgan fingerprint density at radius 2 is 2.10 bits per heavy atom. The Labute approximate surface area is 123 Å². The summed E-state index contributed by atoms with van der Waals surface area (Å²) in [6.45, 7) is 7.71. The van der Waals surface area contributed by atoms with Crippen molar-refractivity contribution in [3.63, 3.8) is 0 Å². The smallest absolute Gasteiger partial charge is 0.241 e. The minimum Gasteiger partial charge on any atom is -0.324 e. The number of rotatable bonds is 3. The summed E-state index contributed by atoms with van der Waals surface area (Å²) in [4.78, 5) is 12.2. The van der Waals surface area contributed by atoms with Crippen LogP contribution in [0.3, 0.4) is 0 Å². The second-order valence-electron chi connectivity index (χ2n) is 6.09. The number of nitrogens with two attached hydrogens (primary N) is 1. The summed E-state index contributed by atoms with van der Waals surface area (Å²) in [5.41, 5.74) is 8.09. The molecule has 3 N–H and O–H groups in total. The second kappa shape index (κ2) is 5.61. The highest BCUT2D eigenvalue weighted by Crippen LogP contribution is 2.22. The lowest BCUT2D eigenvalue weighted by molar-refractivity contribution is -0.119. The third-order valence-electron chi connectivity index (χ3n) is 3.31. The van der Waals surface area contributed by atoms with Crippen molar-refractivity contribution in [1.29, 1.82) is 0 Å². The van der Waals surface area contributed by atoms with Crippen molar-refractivity contribution in [3.05, 3.63) is 30.1 Å². The zero-order valence-corrected chi connectivity index (χ0v) is 12.7. The first-order valence-electron chi connectivity index (χ1n) is 6.69. The molecule has 1 aromatic heterocycles. The van der Waals surface area contributed by atoms with Gasteiger partial charge in [0.1, 0.15) is 6.33 Å². The molecule has 0 unspecified atom stereocenters. The number of aromatic nitrogens is 4. The van der Waals surface area contributed by atoms with E-state index in [1.165, 1.54) is 11.0 Å². The Balaban J connectivity index is 2.24. The number of amides is 1. The van der Waals surface area contributed by atoms with E-state index in [1.807, 2.05) is 45.9 Å². The van der Waals surface area contributed by atoms with E-state index in [4.69, 9.17) is 5.73 Å². The van der Waals surface area contributed by atoms with E-state index < -0.39 is 6.04 Å². The van der Waals surface area contributed by atoms with E-state index in [2.05, 4.69) is 20.8 Å². The molecule has 0 bridgehead atoms. The van der Waals surface area contributed by atoms with Gasteiger partial charge in [-0.2, -0.15) is 0 Å². The van der Waals surface area contributed by atoms with Crippen LogP contribution in [0.5, 0.6) is 0 Å². The van der Waals surface area contributed by atoms with Gasteiger partial charge in [-0.1, -0.05) is 26.8 Å². The third kappa shape index (κ3) is 3.43. The lowest BCUT2D eigenvalue weighted by Crippen LogP contribution is -2.45. The van der Waals surface area contributed by atoms with Gasteiger partial charge in [-0.05, 0) is 40.5 Å². The molecule has 1 heterocycles. The molecule has 21 heavy (non-hydrogen) atoms. The highest BCUT2D eigenvalue weighted by molar-refractivity contribution is 5.96. The van der Waals surface area contributed by atoms with Crippen LogP contribution in [0.4, 0.5) is 5.69 Å². The lowest BCUT2D eigenvalue weighted by atomic mass is 9.87. The summed E-state index contributed by atoms with van der Waals surface area (Å²) in [5, 5.41) is 13.9. The number of tetrazole rings is 1. The lowest BCUT2D eigenvalue weighted by Gasteiger charge is -2.26.